The molecule has 0 atom stereocenters. The third-order valence-electron chi connectivity index (χ3n) is 5.92. The summed E-state index contributed by atoms with van der Waals surface area (Å²) in [5, 5.41) is 4.26. The first kappa shape index (κ1) is 22.6. The molecule has 1 N–H and O–H groups in total. The van der Waals surface area contributed by atoms with Gasteiger partial charge in [0.05, 0.1) is 19.2 Å². The summed E-state index contributed by atoms with van der Waals surface area (Å²) in [6.45, 7) is 7.00. The molecule has 0 saturated heterocycles. The van der Waals surface area contributed by atoms with Crippen molar-refractivity contribution in [2.45, 2.75) is 26.3 Å². The smallest absolute Gasteiger partial charge is 0.252 e. The molecule has 0 spiro atoms. The number of nitrogens with one attached hydrogen (secondary N) is 1. The van der Waals surface area contributed by atoms with Crippen LogP contribution < -0.4 is 14.9 Å². The Hall–Kier alpha value is -3.64. The van der Waals surface area contributed by atoms with Crippen LogP contribution in [0.1, 0.15) is 42.0 Å². The second kappa shape index (κ2) is 10.3. The molecule has 3 aromatic rings. The van der Waals surface area contributed by atoms with Gasteiger partial charge < -0.3 is 9.47 Å². The molecule has 0 unspecified atom stereocenters. The van der Waals surface area contributed by atoms with Crippen molar-refractivity contribution in [3.63, 3.8) is 0 Å². The summed E-state index contributed by atoms with van der Waals surface area (Å²) >= 11 is 0. The highest BCUT2D eigenvalue weighted by Crippen LogP contribution is 2.43. The van der Waals surface area contributed by atoms with E-state index in [9.17, 15) is 4.79 Å². The number of carbonyl (C=O) groups is 1. The second-order valence-electron chi connectivity index (χ2n) is 7.88. The average Bonchev–Trinajstić information content (AvgIpc) is 2.85. The molecule has 0 bridgehead atoms. The van der Waals surface area contributed by atoms with Crippen LogP contribution in [0.2, 0.25) is 0 Å². The monoisotopic (exact) mass is 443 g/mol. The van der Waals surface area contributed by atoms with Crippen molar-refractivity contribution in [1.82, 2.24) is 10.3 Å². The van der Waals surface area contributed by atoms with Crippen LogP contribution in [0.15, 0.2) is 71.8 Å². The van der Waals surface area contributed by atoms with Gasteiger partial charge >= 0.3 is 0 Å². The van der Waals surface area contributed by atoms with Gasteiger partial charge in [0.2, 0.25) is 0 Å². The highest BCUT2D eigenvalue weighted by molar-refractivity contribution is 5.90. The fourth-order valence-electron chi connectivity index (χ4n) is 4.12. The molecular formula is C27H29N3O3. The lowest BCUT2D eigenvalue weighted by molar-refractivity contribution is -0.121. The maximum Gasteiger partial charge on any atom is 0.252 e. The van der Waals surface area contributed by atoms with Gasteiger partial charge in [-0.15, -0.1) is 0 Å². The van der Waals surface area contributed by atoms with Crippen LogP contribution in [0.5, 0.6) is 17.2 Å². The third kappa shape index (κ3) is 4.91. The third-order valence-corrected chi connectivity index (χ3v) is 5.92. The highest BCUT2D eigenvalue weighted by Gasteiger charge is 2.32. The number of nitrogens with zero attached hydrogens (tertiary/aromatic N) is 2. The maximum atomic E-state index is 13.2. The SMILES string of the molecule is CCN(CC)Cc1cc(C=NNC(=O)C2c3ccccc3Oc3ccccc32)ccc1OC. The first-order chi connectivity index (χ1) is 16.1. The number of benzene rings is 3. The molecule has 0 saturated carbocycles. The molecule has 0 aliphatic carbocycles. The van der Waals surface area contributed by atoms with Gasteiger partial charge in [0.1, 0.15) is 17.2 Å². The number of methoxy groups -OCH3 is 1. The van der Waals surface area contributed by atoms with Crippen molar-refractivity contribution in [3.8, 4) is 17.2 Å². The van der Waals surface area contributed by atoms with Crippen molar-refractivity contribution in [3.05, 3.63) is 89.0 Å². The van der Waals surface area contributed by atoms with E-state index in [1.165, 1.54) is 0 Å². The zero-order chi connectivity index (χ0) is 23.2. The molecule has 4 rings (SSSR count). The summed E-state index contributed by atoms with van der Waals surface area (Å²) < 4.78 is 11.5. The topological polar surface area (TPSA) is 63.2 Å². The van der Waals surface area contributed by atoms with Crippen molar-refractivity contribution in [2.75, 3.05) is 20.2 Å². The van der Waals surface area contributed by atoms with Crippen molar-refractivity contribution in [1.29, 1.82) is 0 Å². The second-order valence-corrected chi connectivity index (χ2v) is 7.88. The molecule has 170 valence electrons. The van der Waals surface area contributed by atoms with E-state index >= 15 is 0 Å². The number of rotatable bonds is 8. The molecule has 1 amide bonds. The molecule has 1 aliphatic heterocycles. The lowest BCUT2D eigenvalue weighted by atomic mass is 9.87. The van der Waals surface area contributed by atoms with Crippen LogP contribution in [-0.4, -0.2) is 37.2 Å². The summed E-state index contributed by atoms with van der Waals surface area (Å²) in [7, 11) is 1.68. The number of fused-ring (bicyclic) bond motifs is 2. The molecule has 6 heteroatoms. The average molecular weight is 444 g/mol. The Bertz CT molecular complexity index is 1110. The predicted molar refractivity (Wildman–Crippen MR) is 130 cm³/mol. The first-order valence-electron chi connectivity index (χ1n) is 11.2. The Morgan fingerprint density at radius 3 is 2.27 bits per heavy atom. The summed E-state index contributed by atoms with van der Waals surface area (Å²) in [6, 6.07) is 21.1. The van der Waals surface area contributed by atoms with Gasteiger partial charge in [-0.1, -0.05) is 50.2 Å². The number of carbonyl (C=O) groups excluding carboxylic acids is 1. The fourth-order valence-corrected chi connectivity index (χ4v) is 4.12. The van der Waals surface area contributed by atoms with Crippen molar-refractivity contribution < 1.29 is 14.3 Å². The lowest BCUT2D eigenvalue weighted by Crippen LogP contribution is -2.28. The largest absolute Gasteiger partial charge is 0.496 e. The van der Waals surface area contributed by atoms with Crippen molar-refractivity contribution >= 4 is 12.1 Å². The summed E-state index contributed by atoms with van der Waals surface area (Å²) in [5.74, 6) is 1.54. The van der Waals surface area contributed by atoms with Gasteiger partial charge in [-0.2, -0.15) is 5.10 Å². The van der Waals surface area contributed by atoms with Gasteiger partial charge in [0, 0.05) is 23.2 Å². The zero-order valence-electron chi connectivity index (χ0n) is 19.2. The minimum absolute atomic E-state index is 0.202. The molecule has 0 aromatic heterocycles. The predicted octanol–water partition coefficient (Wildman–Crippen LogP) is 4.92. The number of hydrogen-bond acceptors (Lipinski definition) is 5. The Balaban J connectivity index is 1.53. The molecule has 0 radical (unpaired) electrons. The van der Waals surface area contributed by atoms with Gasteiger partial charge in [-0.05, 0) is 49.0 Å². The summed E-state index contributed by atoms with van der Waals surface area (Å²) in [6.07, 6.45) is 1.67. The van der Waals surface area contributed by atoms with Gasteiger partial charge in [-0.3, -0.25) is 9.69 Å². The molecule has 1 heterocycles. The fraction of sp³-hybridized carbons (Fsp3) is 0.259. The highest BCUT2D eigenvalue weighted by atomic mass is 16.5. The zero-order valence-corrected chi connectivity index (χ0v) is 19.2. The Labute approximate surface area is 194 Å². The van der Waals surface area contributed by atoms with E-state index in [1.807, 2.05) is 66.7 Å². The number of amides is 1. The minimum Gasteiger partial charge on any atom is -0.496 e. The molecule has 6 nitrogen and oxygen atoms in total. The minimum atomic E-state index is -0.489. The van der Waals surface area contributed by atoms with E-state index in [4.69, 9.17) is 9.47 Å². The van der Waals surface area contributed by atoms with Gasteiger partial charge in [-0.25, -0.2) is 5.43 Å². The number of ether oxygens (including phenoxy) is 2. The first-order valence-corrected chi connectivity index (χ1v) is 11.2. The molecule has 33 heavy (non-hydrogen) atoms. The normalized spacial score (nSPS) is 12.8. The van der Waals surface area contributed by atoms with Crippen LogP contribution in [0.4, 0.5) is 0 Å². The van der Waals surface area contributed by atoms with Crippen LogP contribution in [0.25, 0.3) is 0 Å². The number of hydrazone groups is 1. The van der Waals surface area contributed by atoms with E-state index in [-0.39, 0.29) is 5.91 Å². The van der Waals surface area contributed by atoms with E-state index in [1.54, 1.807) is 13.3 Å². The van der Waals surface area contributed by atoms with Crippen LogP contribution >= 0.6 is 0 Å². The van der Waals surface area contributed by atoms with Crippen molar-refractivity contribution in [2.24, 2.45) is 5.10 Å². The standard InChI is InChI=1S/C27H29N3O3/c1-4-30(5-2)18-20-16-19(14-15-23(20)32-3)17-28-29-27(31)26-21-10-6-8-12-24(21)33-25-13-9-7-11-22(25)26/h6-17,26H,4-5,18H2,1-3H3,(H,29,31). The lowest BCUT2D eigenvalue weighted by Gasteiger charge is -2.26. The molecule has 3 aromatic carbocycles. The van der Waals surface area contributed by atoms with Crippen LogP contribution in [0.3, 0.4) is 0 Å². The summed E-state index contributed by atoms with van der Waals surface area (Å²) in [4.78, 5) is 15.5. The Kier molecular flexibility index (Phi) is 7.05. The van der Waals surface area contributed by atoms with E-state index < -0.39 is 5.92 Å². The number of hydrogen-bond donors (Lipinski definition) is 1. The van der Waals surface area contributed by atoms with Gasteiger partial charge in [0.15, 0.2) is 0 Å². The molecule has 0 fully saturated rings. The molecular weight excluding hydrogens is 414 g/mol. The van der Waals surface area contributed by atoms with Crippen LogP contribution in [-0.2, 0) is 11.3 Å². The Morgan fingerprint density at radius 2 is 1.67 bits per heavy atom. The molecule has 1 aliphatic rings. The maximum absolute atomic E-state index is 13.2. The van der Waals surface area contributed by atoms with E-state index in [0.29, 0.717) is 11.5 Å². The van der Waals surface area contributed by atoms with E-state index in [2.05, 4.69) is 29.3 Å². The summed E-state index contributed by atoms with van der Waals surface area (Å²) in [5.41, 5.74) is 6.37. The number of para-hydroxylation sites is 2. The van der Waals surface area contributed by atoms with Crippen LogP contribution in [0, 0.1) is 0 Å². The van der Waals surface area contributed by atoms with Gasteiger partial charge in [0.25, 0.3) is 5.91 Å². The quantitative estimate of drug-likeness (QED) is 0.396. The Morgan fingerprint density at radius 1 is 1.03 bits per heavy atom. The van der Waals surface area contributed by atoms with E-state index in [0.717, 1.165) is 47.6 Å².